The van der Waals surface area contributed by atoms with Gasteiger partial charge in [0.1, 0.15) is 24.7 Å². The third kappa shape index (κ3) is 5.05. The van der Waals surface area contributed by atoms with Gasteiger partial charge >= 0.3 is 5.97 Å². The molecule has 8 heteroatoms. The number of nitrogens with zero attached hydrogens (tertiary/aromatic N) is 1. The summed E-state index contributed by atoms with van der Waals surface area (Å²) in [4.78, 5) is 34.1. The van der Waals surface area contributed by atoms with E-state index in [1.165, 1.54) is 6.08 Å². The number of ether oxygens (including phenoxy) is 3. The molecule has 0 aliphatic heterocycles. The molecule has 1 aliphatic rings. The maximum Gasteiger partial charge on any atom is 0.338 e. The molecule has 0 saturated heterocycles. The van der Waals surface area contributed by atoms with Crippen molar-refractivity contribution < 1.29 is 28.7 Å². The van der Waals surface area contributed by atoms with E-state index in [-0.39, 0.29) is 25.4 Å². The Hall–Kier alpha value is -3.52. The van der Waals surface area contributed by atoms with Gasteiger partial charge in [-0.25, -0.2) is 4.79 Å². The Morgan fingerprint density at radius 3 is 2.34 bits per heavy atom. The molecule has 29 heavy (non-hydrogen) atoms. The standard InChI is InChI=1S/C21H19NO7/c23-14-29-20-17(13-28-21(24)16-9-5-2-6-10-16)18(22(25)26)11-19(20)27-12-15-7-3-1-4-8-15/h1-11,14,17,19-20H,12-13H2/t17-,19-,20+/m0/s1. The lowest BCUT2D eigenvalue weighted by molar-refractivity contribution is -0.434. The number of nitro groups is 1. The smallest absolute Gasteiger partial charge is 0.338 e. The molecular weight excluding hydrogens is 378 g/mol. The molecule has 8 nitrogen and oxygen atoms in total. The highest BCUT2D eigenvalue weighted by Crippen LogP contribution is 2.32. The maximum atomic E-state index is 12.2. The molecule has 2 aromatic rings. The molecule has 1 aliphatic carbocycles. The number of benzene rings is 2. The Bertz CT molecular complexity index is 882. The Morgan fingerprint density at radius 2 is 1.72 bits per heavy atom. The highest BCUT2D eigenvalue weighted by atomic mass is 16.6. The van der Waals surface area contributed by atoms with Crippen molar-refractivity contribution in [1.82, 2.24) is 0 Å². The van der Waals surface area contributed by atoms with E-state index in [1.807, 2.05) is 30.3 Å². The summed E-state index contributed by atoms with van der Waals surface area (Å²) in [7, 11) is 0. The number of carbonyl (C=O) groups excluding carboxylic acids is 2. The average Bonchev–Trinajstić information content (AvgIpc) is 3.10. The van der Waals surface area contributed by atoms with E-state index in [1.54, 1.807) is 30.3 Å². The van der Waals surface area contributed by atoms with Crippen LogP contribution in [-0.2, 0) is 25.6 Å². The minimum atomic E-state index is -0.972. The van der Waals surface area contributed by atoms with E-state index < -0.39 is 29.0 Å². The van der Waals surface area contributed by atoms with E-state index in [9.17, 15) is 19.7 Å². The lowest BCUT2D eigenvalue weighted by Gasteiger charge is -2.23. The summed E-state index contributed by atoms with van der Waals surface area (Å²) >= 11 is 0. The fraction of sp³-hybridized carbons (Fsp3) is 0.238. The van der Waals surface area contributed by atoms with Gasteiger partial charge in [-0.2, -0.15) is 0 Å². The normalized spacial score (nSPS) is 20.6. The van der Waals surface area contributed by atoms with E-state index in [2.05, 4.69) is 0 Å². The van der Waals surface area contributed by atoms with E-state index in [0.717, 1.165) is 5.56 Å². The van der Waals surface area contributed by atoms with Crippen molar-refractivity contribution in [1.29, 1.82) is 0 Å². The van der Waals surface area contributed by atoms with E-state index in [4.69, 9.17) is 14.2 Å². The van der Waals surface area contributed by atoms with Crippen LogP contribution >= 0.6 is 0 Å². The Balaban J connectivity index is 1.71. The van der Waals surface area contributed by atoms with Crippen molar-refractivity contribution >= 4 is 12.4 Å². The van der Waals surface area contributed by atoms with Crippen molar-refractivity contribution in [3.63, 3.8) is 0 Å². The lowest BCUT2D eigenvalue weighted by atomic mass is 10.0. The minimum Gasteiger partial charge on any atom is -0.461 e. The highest BCUT2D eigenvalue weighted by molar-refractivity contribution is 5.89. The fourth-order valence-electron chi connectivity index (χ4n) is 3.13. The van der Waals surface area contributed by atoms with Gasteiger partial charge < -0.3 is 14.2 Å². The molecule has 0 unspecified atom stereocenters. The zero-order valence-electron chi connectivity index (χ0n) is 15.4. The molecule has 2 aromatic carbocycles. The monoisotopic (exact) mass is 397 g/mol. The Labute approximate surface area is 166 Å². The van der Waals surface area contributed by atoms with Crippen LogP contribution in [-0.4, -0.2) is 36.2 Å². The van der Waals surface area contributed by atoms with Crippen molar-refractivity contribution in [3.8, 4) is 0 Å². The lowest BCUT2D eigenvalue weighted by Crippen LogP contribution is -2.35. The second-order valence-corrected chi connectivity index (χ2v) is 6.38. The number of carbonyl (C=O) groups is 2. The second kappa shape index (κ2) is 9.61. The minimum absolute atomic E-state index is 0.183. The molecule has 0 radical (unpaired) electrons. The fourth-order valence-corrected chi connectivity index (χ4v) is 3.13. The van der Waals surface area contributed by atoms with Gasteiger partial charge in [0, 0.05) is 6.08 Å². The maximum absolute atomic E-state index is 12.2. The average molecular weight is 397 g/mol. The molecule has 3 rings (SSSR count). The van der Waals surface area contributed by atoms with Crippen LogP contribution in [0.25, 0.3) is 0 Å². The van der Waals surface area contributed by atoms with Crippen molar-refractivity contribution in [2.75, 3.05) is 6.61 Å². The van der Waals surface area contributed by atoms with Crippen molar-refractivity contribution in [3.05, 3.63) is 93.7 Å². The number of hydrogen-bond donors (Lipinski definition) is 0. The summed E-state index contributed by atoms with van der Waals surface area (Å²) in [5, 5.41) is 11.5. The van der Waals surface area contributed by atoms with Gasteiger partial charge in [-0.05, 0) is 17.7 Å². The molecule has 3 atom stereocenters. The van der Waals surface area contributed by atoms with E-state index in [0.29, 0.717) is 5.56 Å². The molecule has 0 amide bonds. The van der Waals surface area contributed by atoms with Crippen LogP contribution < -0.4 is 0 Å². The van der Waals surface area contributed by atoms with Gasteiger partial charge in [-0.3, -0.25) is 14.9 Å². The Kier molecular flexibility index (Phi) is 6.70. The number of esters is 1. The second-order valence-electron chi connectivity index (χ2n) is 6.38. The van der Waals surface area contributed by atoms with Crippen LogP contribution in [0.3, 0.4) is 0 Å². The molecule has 0 N–H and O–H groups in total. The van der Waals surface area contributed by atoms with Gasteiger partial charge in [0.15, 0.2) is 0 Å². The largest absolute Gasteiger partial charge is 0.461 e. The molecule has 0 heterocycles. The summed E-state index contributed by atoms with van der Waals surface area (Å²) in [6.45, 7) is 0.0821. The zero-order chi connectivity index (χ0) is 20.6. The predicted molar refractivity (Wildman–Crippen MR) is 101 cm³/mol. The first-order valence-corrected chi connectivity index (χ1v) is 8.93. The third-order valence-corrected chi connectivity index (χ3v) is 4.55. The van der Waals surface area contributed by atoms with Crippen molar-refractivity contribution in [2.45, 2.75) is 18.8 Å². The summed E-state index contributed by atoms with van der Waals surface area (Å²) < 4.78 is 16.1. The third-order valence-electron chi connectivity index (χ3n) is 4.55. The predicted octanol–water partition coefficient (Wildman–Crippen LogP) is 2.76. The molecule has 0 spiro atoms. The molecular formula is C21H19NO7. The highest BCUT2D eigenvalue weighted by Gasteiger charge is 2.47. The molecule has 0 saturated carbocycles. The number of hydrogen-bond acceptors (Lipinski definition) is 7. The SMILES string of the molecule is O=CO[C@H]1[C@@H](OCc2ccccc2)C=C([N+](=O)[O-])[C@@H]1COC(=O)c1ccccc1. The van der Waals surface area contributed by atoms with Crippen LogP contribution in [0.2, 0.25) is 0 Å². The summed E-state index contributed by atoms with van der Waals surface area (Å²) in [6, 6.07) is 17.5. The van der Waals surface area contributed by atoms with Gasteiger partial charge in [0.05, 0.1) is 17.1 Å². The van der Waals surface area contributed by atoms with Crippen LogP contribution in [0.4, 0.5) is 0 Å². The van der Waals surface area contributed by atoms with Crippen LogP contribution in [0.1, 0.15) is 15.9 Å². The van der Waals surface area contributed by atoms with E-state index >= 15 is 0 Å². The van der Waals surface area contributed by atoms with Crippen LogP contribution in [0, 0.1) is 16.0 Å². The van der Waals surface area contributed by atoms with Crippen molar-refractivity contribution in [2.24, 2.45) is 5.92 Å². The molecule has 0 aromatic heterocycles. The molecule has 0 fully saturated rings. The van der Waals surface area contributed by atoms with Gasteiger partial charge in [-0.1, -0.05) is 48.5 Å². The van der Waals surface area contributed by atoms with Gasteiger partial charge in [-0.15, -0.1) is 0 Å². The topological polar surface area (TPSA) is 105 Å². The summed E-state index contributed by atoms with van der Waals surface area (Å²) in [5.74, 6) is -1.56. The summed E-state index contributed by atoms with van der Waals surface area (Å²) in [5.41, 5.74) is 0.977. The number of rotatable bonds is 9. The first kappa shape index (κ1) is 20.2. The summed E-state index contributed by atoms with van der Waals surface area (Å²) in [6.07, 6.45) is -0.501. The first-order valence-electron chi connectivity index (χ1n) is 8.93. The first-order chi connectivity index (χ1) is 14.1. The van der Waals surface area contributed by atoms with Crippen LogP contribution in [0.15, 0.2) is 72.4 Å². The zero-order valence-corrected chi connectivity index (χ0v) is 15.4. The van der Waals surface area contributed by atoms with Gasteiger partial charge in [0.25, 0.3) is 12.2 Å². The van der Waals surface area contributed by atoms with Gasteiger partial charge in [0.2, 0.25) is 0 Å². The quantitative estimate of drug-likeness (QED) is 0.277. The molecule has 0 bridgehead atoms. The Morgan fingerprint density at radius 1 is 1.07 bits per heavy atom. The van der Waals surface area contributed by atoms with Crippen LogP contribution in [0.5, 0.6) is 0 Å². The molecule has 150 valence electrons.